The number of hydrogen-bond acceptors (Lipinski definition) is 7. The van der Waals surface area contributed by atoms with E-state index in [1.54, 1.807) is 11.8 Å². The molecule has 0 radical (unpaired) electrons. The molecule has 4 rings (SSSR count). The Morgan fingerprint density at radius 3 is 2.55 bits per heavy atom. The fraction of sp³-hybridized carbons (Fsp3) is 0.607. The maximum atomic E-state index is 14.1. The van der Waals surface area contributed by atoms with Crippen molar-refractivity contribution in [3.63, 3.8) is 0 Å². The third-order valence-electron chi connectivity index (χ3n) is 7.66. The van der Waals surface area contributed by atoms with Crippen LogP contribution in [-0.4, -0.2) is 71.6 Å². The Morgan fingerprint density at radius 1 is 1.20 bits per heavy atom. The summed E-state index contributed by atoms with van der Waals surface area (Å²) in [5.74, 6) is -1.96. The van der Waals surface area contributed by atoms with Crippen LogP contribution >= 0.6 is 11.6 Å². The third kappa shape index (κ3) is 6.25. The highest BCUT2D eigenvalue weighted by Crippen LogP contribution is 2.44. The number of carbonyl (C=O) groups is 5. The molecule has 2 saturated heterocycles. The van der Waals surface area contributed by atoms with Crippen LogP contribution in [-0.2, 0) is 28.7 Å². The number of cyclic esters (lactones) is 1. The lowest BCUT2D eigenvalue weighted by atomic mass is 9.84. The summed E-state index contributed by atoms with van der Waals surface area (Å²) >= 11 is 6.26. The van der Waals surface area contributed by atoms with E-state index in [0.29, 0.717) is 18.7 Å². The first-order valence-corrected chi connectivity index (χ1v) is 14.0. The van der Waals surface area contributed by atoms with Crippen LogP contribution in [0.1, 0.15) is 70.7 Å². The largest absolute Gasteiger partial charge is 0.433 e. The van der Waals surface area contributed by atoms with E-state index in [1.165, 1.54) is 25.1 Å². The number of anilines is 1. The smallest absolute Gasteiger partial charge is 0.310 e. The van der Waals surface area contributed by atoms with Gasteiger partial charge in [0, 0.05) is 25.1 Å². The lowest BCUT2D eigenvalue weighted by Gasteiger charge is -2.40. The number of ether oxygens (including phenoxy) is 2. The van der Waals surface area contributed by atoms with Crippen LogP contribution < -0.4 is 16.0 Å². The highest BCUT2D eigenvalue weighted by molar-refractivity contribution is 6.34. The summed E-state index contributed by atoms with van der Waals surface area (Å²) in [6.07, 6.45) is 1.42. The Hall–Kier alpha value is -3.18. The molecular weight excluding hydrogens is 540 g/mol. The van der Waals surface area contributed by atoms with Crippen LogP contribution in [0, 0.1) is 11.3 Å². The van der Waals surface area contributed by atoms with Gasteiger partial charge in [-0.15, -0.1) is 0 Å². The van der Waals surface area contributed by atoms with E-state index in [2.05, 4.69) is 16.0 Å². The molecule has 218 valence electrons. The summed E-state index contributed by atoms with van der Waals surface area (Å²) in [6.45, 7) is 8.99. The van der Waals surface area contributed by atoms with Gasteiger partial charge in [0.05, 0.1) is 17.1 Å². The monoisotopic (exact) mass is 576 g/mol. The summed E-state index contributed by atoms with van der Waals surface area (Å²) in [5.41, 5.74) is -0.0790. The normalized spacial score (nSPS) is 26.3. The SMILES string of the molecule is CCO[C@@H]1OC(=O)CC1NC(=O)[C@@H]1[C@H]2CCC(C2)N1C(=O)[C@@H](NC(=O)c1ccc(NC(C)=O)c(Cl)c1)C(C)(C)C. The molecule has 1 aromatic carbocycles. The molecule has 2 bridgehead atoms. The zero-order valence-corrected chi connectivity index (χ0v) is 24.2. The van der Waals surface area contributed by atoms with E-state index in [9.17, 15) is 24.0 Å². The van der Waals surface area contributed by atoms with Gasteiger partial charge in [0.1, 0.15) is 18.1 Å². The van der Waals surface area contributed by atoms with Crippen LogP contribution in [0.3, 0.4) is 0 Å². The summed E-state index contributed by atoms with van der Waals surface area (Å²) in [7, 11) is 0. The summed E-state index contributed by atoms with van der Waals surface area (Å²) in [4.78, 5) is 65.8. The minimum Gasteiger partial charge on any atom is -0.433 e. The molecule has 11 nitrogen and oxygen atoms in total. The van der Waals surface area contributed by atoms with Gasteiger partial charge in [0.15, 0.2) is 0 Å². The molecule has 0 spiro atoms. The minimum absolute atomic E-state index is 0.00483. The summed E-state index contributed by atoms with van der Waals surface area (Å²) in [6, 6.07) is 2.06. The molecule has 40 heavy (non-hydrogen) atoms. The number of fused-ring (bicyclic) bond motifs is 2. The van der Waals surface area contributed by atoms with Gasteiger partial charge in [0.25, 0.3) is 5.91 Å². The predicted octanol–water partition coefficient (Wildman–Crippen LogP) is 2.62. The van der Waals surface area contributed by atoms with E-state index in [4.69, 9.17) is 21.1 Å². The van der Waals surface area contributed by atoms with E-state index in [-0.39, 0.29) is 46.7 Å². The lowest BCUT2D eigenvalue weighted by molar-refractivity contribution is -0.165. The number of benzene rings is 1. The second-order valence-corrected chi connectivity index (χ2v) is 12.1. The molecule has 1 aliphatic carbocycles. The zero-order chi connectivity index (χ0) is 29.4. The van der Waals surface area contributed by atoms with Crippen LogP contribution in [0.2, 0.25) is 5.02 Å². The number of amides is 4. The number of esters is 1. The molecule has 6 atom stereocenters. The van der Waals surface area contributed by atoms with Crippen LogP contribution in [0.15, 0.2) is 18.2 Å². The number of nitrogens with one attached hydrogen (secondary N) is 3. The minimum atomic E-state index is -0.934. The molecule has 3 N–H and O–H groups in total. The maximum Gasteiger partial charge on any atom is 0.310 e. The fourth-order valence-electron chi connectivity index (χ4n) is 5.84. The number of nitrogens with zero attached hydrogens (tertiary/aromatic N) is 1. The number of piperidine rings is 1. The van der Waals surface area contributed by atoms with Crippen LogP contribution in [0.4, 0.5) is 5.69 Å². The first-order chi connectivity index (χ1) is 18.8. The molecule has 3 fully saturated rings. The highest BCUT2D eigenvalue weighted by atomic mass is 35.5. The fourth-order valence-corrected chi connectivity index (χ4v) is 6.07. The Morgan fingerprint density at radius 2 is 1.93 bits per heavy atom. The standard InChI is InChI=1S/C28H37ClN4O7/c1-6-39-27-20(13-21(35)40-27)31-25(37)22-15-7-9-17(11-15)33(22)26(38)23(28(3,4)5)32-24(36)16-8-10-19(18(29)12-16)30-14(2)34/h8,10,12,15,17,20,22-23,27H,6-7,9,11,13H2,1-5H3,(H,30,34)(H,31,37)(H,32,36)/t15-,17?,20?,22-,23+,27+/m0/s1. The molecule has 2 aliphatic heterocycles. The van der Waals surface area contributed by atoms with Gasteiger partial charge in [-0.05, 0) is 55.7 Å². The maximum absolute atomic E-state index is 14.1. The van der Waals surface area contributed by atoms with Crippen molar-refractivity contribution in [3.8, 4) is 0 Å². The number of rotatable bonds is 8. The van der Waals surface area contributed by atoms with Crippen molar-refractivity contribution in [1.82, 2.24) is 15.5 Å². The third-order valence-corrected chi connectivity index (χ3v) is 7.97. The molecular formula is C28H37ClN4O7. The van der Waals surface area contributed by atoms with Gasteiger partial charge >= 0.3 is 5.97 Å². The number of halogens is 1. The first kappa shape index (κ1) is 29.8. The van der Waals surface area contributed by atoms with Gasteiger partial charge in [0.2, 0.25) is 24.0 Å². The number of carbonyl (C=O) groups excluding carboxylic acids is 5. The van der Waals surface area contributed by atoms with Crippen molar-refractivity contribution >= 4 is 46.9 Å². The van der Waals surface area contributed by atoms with Crippen molar-refractivity contribution in [3.05, 3.63) is 28.8 Å². The molecule has 4 amide bonds. The summed E-state index contributed by atoms with van der Waals surface area (Å²) in [5, 5.41) is 8.54. The van der Waals surface area contributed by atoms with Crippen molar-refractivity contribution in [1.29, 1.82) is 0 Å². The predicted molar refractivity (Wildman–Crippen MR) is 146 cm³/mol. The molecule has 3 aliphatic rings. The van der Waals surface area contributed by atoms with Crippen molar-refractivity contribution in [2.45, 2.75) is 90.8 Å². The van der Waals surface area contributed by atoms with E-state index < -0.39 is 41.7 Å². The van der Waals surface area contributed by atoms with E-state index in [1.807, 2.05) is 20.8 Å². The summed E-state index contributed by atoms with van der Waals surface area (Å²) < 4.78 is 10.7. The Bertz CT molecular complexity index is 1200. The molecule has 2 unspecified atom stereocenters. The Labute approximate surface area is 238 Å². The van der Waals surface area contributed by atoms with E-state index in [0.717, 1.165) is 12.8 Å². The second-order valence-electron chi connectivity index (χ2n) is 11.7. The highest BCUT2D eigenvalue weighted by Gasteiger charge is 2.54. The average molecular weight is 577 g/mol. The topological polar surface area (TPSA) is 143 Å². The van der Waals surface area contributed by atoms with Crippen molar-refractivity contribution in [2.75, 3.05) is 11.9 Å². The number of likely N-dealkylation sites (tertiary alicyclic amines) is 1. The molecule has 0 aromatic heterocycles. The Kier molecular flexibility index (Phi) is 8.75. The first-order valence-electron chi connectivity index (χ1n) is 13.6. The zero-order valence-electron chi connectivity index (χ0n) is 23.4. The van der Waals surface area contributed by atoms with Crippen molar-refractivity contribution in [2.24, 2.45) is 11.3 Å². The van der Waals surface area contributed by atoms with E-state index >= 15 is 0 Å². The molecule has 1 aromatic rings. The Balaban J connectivity index is 1.53. The quantitative estimate of drug-likeness (QED) is 0.404. The van der Waals surface area contributed by atoms with Gasteiger partial charge < -0.3 is 30.3 Å². The second kappa shape index (κ2) is 11.7. The van der Waals surface area contributed by atoms with Gasteiger partial charge in [-0.1, -0.05) is 32.4 Å². The van der Waals surface area contributed by atoms with Gasteiger partial charge in [-0.25, -0.2) is 0 Å². The molecule has 12 heteroatoms. The number of hydrogen-bond donors (Lipinski definition) is 3. The molecule has 2 heterocycles. The average Bonchev–Trinajstić information content (AvgIpc) is 3.57. The van der Waals surface area contributed by atoms with Crippen molar-refractivity contribution < 1.29 is 33.4 Å². The van der Waals surface area contributed by atoms with Crippen LogP contribution in [0.25, 0.3) is 0 Å². The lowest BCUT2D eigenvalue weighted by Crippen LogP contribution is -2.62. The van der Waals surface area contributed by atoms with Gasteiger partial charge in [-0.3, -0.25) is 24.0 Å². The molecule has 1 saturated carbocycles. The van der Waals surface area contributed by atoms with Gasteiger partial charge in [-0.2, -0.15) is 0 Å². The van der Waals surface area contributed by atoms with Crippen LogP contribution in [0.5, 0.6) is 0 Å².